The van der Waals surface area contributed by atoms with E-state index in [0.29, 0.717) is 65.6 Å². The molecule has 0 spiro atoms. The molecule has 1 heterocycles. The molecule has 1 rings (SSSR count). The van der Waals surface area contributed by atoms with E-state index in [-0.39, 0.29) is 19.0 Å². The number of aliphatic hydroxyl groups excluding tert-OH is 1. The van der Waals surface area contributed by atoms with E-state index in [0.717, 1.165) is 25.9 Å². The lowest BCUT2D eigenvalue weighted by Gasteiger charge is -2.22. The van der Waals surface area contributed by atoms with Crippen molar-refractivity contribution in [3.05, 3.63) is 0 Å². The van der Waals surface area contributed by atoms with Crippen molar-refractivity contribution in [2.24, 2.45) is 0 Å². The van der Waals surface area contributed by atoms with Gasteiger partial charge in [-0.2, -0.15) is 0 Å². The number of hydrogen-bond donors (Lipinski definition) is 2. The minimum absolute atomic E-state index is 0. The largest absolute Gasteiger partial charge is 0.394 e. The van der Waals surface area contributed by atoms with Crippen molar-refractivity contribution in [1.82, 2.24) is 5.32 Å². The van der Waals surface area contributed by atoms with Crippen molar-refractivity contribution >= 4 is 12.4 Å². The number of ether oxygens (including phenoxy) is 5. The molecule has 0 aromatic carbocycles. The number of piperidine rings is 1. The van der Waals surface area contributed by atoms with E-state index in [4.69, 9.17) is 28.8 Å². The molecule has 2 N–H and O–H groups in total. The van der Waals surface area contributed by atoms with Crippen LogP contribution in [0.3, 0.4) is 0 Å². The third-order valence-electron chi connectivity index (χ3n) is 3.22. The van der Waals surface area contributed by atoms with Gasteiger partial charge in [0.2, 0.25) is 0 Å². The zero-order valence-electron chi connectivity index (χ0n) is 13.9. The minimum Gasteiger partial charge on any atom is -0.394 e. The van der Waals surface area contributed by atoms with Gasteiger partial charge in [-0.15, -0.1) is 12.4 Å². The molecule has 1 aliphatic rings. The van der Waals surface area contributed by atoms with E-state index in [1.807, 2.05) is 0 Å². The molecular formula is C15H32ClNO6. The van der Waals surface area contributed by atoms with Gasteiger partial charge in [0.25, 0.3) is 0 Å². The second-order valence-electron chi connectivity index (χ2n) is 4.99. The fraction of sp³-hybridized carbons (Fsp3) is 1.00. The highest BCUT2D eigenvalue weighted by Gasteiger charge is 2.12. The molecule has 0 saturated carbocycles. The van der Waals surface area contributed by atoms with Crippen LogP contribution in [0.5, 0.6) is 0 Å². The Morgan fingerprint density at radius 3 is 1.61 bits per heavy atom. The van der Waals surface area contributed by atoms with E-state index in [2.05, 4.69) is 5.32 Å². The molecule has 7 nitrogen and oxygen atoms in total. The fourth-order valence-electron chi connectivity index (χ4n) is 2.06. The maximum absolute atomic E-state index is 8.50. The highest BCUT2D eigenvalue weighted by atomic mass is 35.5. The van der Waals surface area contributed by atoms with Crippen LogP contribution in [0.15, 0.2) is 0 Å². The first-order valence-electron chi connectivity index (χ1n) is 8.17. The molecule has 0 unspecified atom stereocenters. The first kappa shape index (κ1) is 23.0. The summed E-state index contributed by atoms with van der Waals surface area (Å²) >= 11 is 0. The maximum atomic E-state index is 8.50. The van der Waals surface area contributed by atoms with E-state index in [9.17, 15) is 0 Å². The first-order chi connectivity index (χ1) is 10.9. The molecular weight excluding hydrogens is 326 g/mol. The third-order valence-corrected chi connectivity index (χ3v) is 3.22. The number of halogens is 1. The third kappa shape index (κ3) is 15.3. The number of rotatable bonds is 15. The predicted molar refractivity (Wildman–Crippen MR) is 89.5 cm³/mol. The summed E-state index contributed by atoms with van der Waals surface area (Å²) in [5.41, 5.74) is 0. The maximum Gasteiger partial charge on any atom is 0.0704 e. The van der Waals surface area contributed by atoms with Crippen molar-refractivity contribution in [2.45, 2.75) is 18.9 Å². The molecule has 1 fully saturated rings. The van der Waals surface area contributed by atoms with Crippen LogP contribution in [0, 0.1) is 0 Å². The van der Waals surface area contributed by atoms with E-state index < -0.39 is 0 Å². The molecule has 140 valence electrons. The zero-order chi connectivity index (χ0) is 15.7. The van der Waals surface area contributed by atoms with Crippen LogP contribution in [-0.2, 0) is 23.7 Å². The molecule has 1 aliphatic heterocycles. The van der Waals surface area contributed by atoms with Crippen LogP contribution in [0.1, 0.15) is 12.8 Å². The standard InChI is InChI=1S/C15H31NO6.ClH/c17-5-6-18-7-8-19-9-10-20-11-12-21-13-14-22-15-1-3-16-4-2-15;/h15-17H,1-14H2;1H. The van der Waals surface area contributed by atoms with Gasteiger partial charge in [-0.05, 0) is 25.9 Å². The van der Waals surface area contributed by atoms with Crippen LogP contribution in [-0.4, -0.2) is 90.4 Å². The topological polar surface area (TPSA) is 78.4 Å². The lowest BCUT2D eigenvalue weighted by molar-refractivity contribution is -0.0286. The summed E-state index contributed by atoms with van der Waals surface area (Å²) in [5.74, 6) is 0. The zero-order valence-corrected chi connectivity index (χ0v) is 14.7. The minimum atomic E-state index is 0. The second-order valence-corrected chi connectivity index (χ2v) is 4.99. The van der Waals surface area contributed by atoms with Gasteiger partial charge in [0.15, 0.2) is 0 Å². The lowest BCUT2D eigenvalue weighted by Crippen LogP contribution is -2.33. The molecule has 1 saturated heterocycles. The Morgan fingerprint density at radius 1 is 0.696 bits per heavy atom. The number of aliphatic hydroxyl groups is 1. The molecule has 0 amide bonds. The van der Waals surface area contributed by atoms with Gasteiger partial charge in [-0.3, -0.25) is 0 Å². The monoisotopic (exact) mass is 357 g/mol. The van der Waals surface area contributed by atoms with Crippen LogP contribution < -0.4 is 5.32 Å². The molecule has 23 heavy (non-hydrogen) atoms. The van der Waals surface area contributed by atoms with E-state index in [1.54, 1.807) is 0 Å². The Kier molecular flexibility index (Phi) is 18.4. The number of hydrogen-bond acceptors (Lipinski definition) is 7. The second kappa shape index (κ2) is 18.4. The van der Waals surface area contributed by atoms with Crippen LogP contribution in [0.2, 0.25) is 0 Å². The average molecular weight is 358 g/mol. The molecule has 0 bridgehead atoms. The molecule has 0 aliphatic carbocycles. The summed E-state index contributed by atoms with van der Waals surface area (Å²) in [6, 6.07) is 0. The van der Waals surface area contributed by atoms with Gasteiger partial charge >= 0.3 is 0 Å². The van der Waals surface area contributed by atoms with Crippen LogP contribution >= 0.6 is 12.4 Å². The SMILES string of the molecule is Cl.OCCOCCOCCOCCOCCOC1CCNCC1. The molecule has 8 heteroatoms. The average Bonchev–Trinajstić information content (AvgIpc) is 2.56. The van der Waals surface area contributed by atoms with Crippen molar-refractivity contribution in [3.63, 3.8) is 0 Å². The van der Waals surface area contributed by atoms with Gasteiger partial charge < -0.3 is 34.1 Å². The highest BCUT2D eigenvalue weighted by Crippen LogP contribution is 2.06. The highest BCUT2D eigenvalue weighted by molar-refractivity contribution is 5.85. The summed E-state index contributed by atoms with van der Waals surface area (Å²) in [6.45, 7) is 7.04. The Labute approximate surface area is 145 Å². The Balaban J connectivity index is 0.00000484. The van der Waals surface area contributed by atoms with Gasteiger partial charge in [-0.25, -0.2) is 0 Å². The van der Waals surface area contributed by atoms with Crippen LogP contribution in [0.4, 0.5) is 0 Å². The van der Waals surface area contributed by atoms with Crippen molar-refractivity contribution in [3.8, 4) is 0 Å². The summed E-state index contributed by atoms with van der Waals surface area (Å²) < 4.78 is 26.9. The van der Waals surface area contributed by atoms with Gasteiger partial charge in [0, 0.05) is 0 Å². The number of nitrogens with one attached hydrogen (secondary N) is 1. The summed E-state index contributed by atoms with van der Waals surface area (Å²) in [6.07, 6.45) is 2.57. The molecule has 0 radical (unpaired) electrons. The quantitative estimate of drug-likeness (QED) is 0.406. The lowest BCUT2D eigenvalue weighted by atomic mass is 10.1. The summed E-state index contributed by atoms with van der Waals surface area (Å²) in [4.78, 5) is 0. The Morgan fingerprint density at radius 2 is 1.13 bits per heavy atom. The van der Waals surface area contributed by atoms with E-state index in [1.165, 1.54) is 0 Å². The fourth-order valence-corrected chi connectivity index (χ4v) is 2.06. The first-order valence-corrected chi connectivity index (χ1v) is 8.17. The van der Waals surface area contributed by atoms with Crippen molar-refractivity contribution in [1.29, 1.82) is 0 Å². The molecule has 0 atom stereocenters. The Hall–Kier alpha value is 0.01000. The normalized spacial score (nSPS) is 15.5. The van der Waals surface area contributed by atoms with Crippen molar-refractivity contribution in [2.75, 3.05) is 79.2 Å². The molecule has 0 aromatic rings. The van der Waals surface area contributed by atoms with Crippen LogP contribution in [0.25, 0.3) is 0 Å². The van der Waals surface area contributed by atoms with E-state index >= 15 is 0 Å². The van der Waals surface area contributed by atoms with Gasteiger partial charge in [0.1, 0.15) is 0 Å². The molecule has 0 aromatic heterocycles. The van der Waals surface area contributed by atoms with Gasteiger partial charge in [0.05, 0.1) is 72.2 Å². The summed E-state index contributed by atoms with van der Waals surface area (Å²) in [7, 11) is 0. The predicted octanol–water partition coefficient (Wildman–Crippen LogP) is 0.236. The Bertz CT molecular complexity index is 232. The van der Waals surface area contributed by atoms with Gasteiger partial charge in [-0.1, -0.05) is 0 Å². The summed E-state index contributed by atoms with van der Waals surface area (Å²) in [5, 5.41) is 11.8. The van der Waals surface area contributed by atoms with Crippen molar-refractivity contribution < 1.29 is 28.8 Å². The smallest absolute Gasteiger partial charge is 0.0704 e.